The molecule has 0 spiro atoms. The number of aryl methyl sites for hydroxylation is 1. The molecule has 0 aliphatic heterocycles. The summed E-state index contributed by atoms with van der Waals surface area (Å²) in [4.78, 5) is 4.45. The highest BCUT2D eigenvalue weighted by Crippen LogP contribution is 2.19. The molecule has 0 aliphatic carbocycles. The first-order chi connectivity index (χ1) is 5.74. The van der Waals surface area contributed by atoms with Crippen molar-refractivity contribution in [1.82, 2.24) is 4.98 Å². The summed E-state index contributed by atoms with van der Waals surface area (Å²) in [6.45, 7) is 4.55. The van der Waals surface area contributed by atoms with Crippen molar-refractivity contribution < 1.29 is 5.11 Å². The van der Waals surface area contributed by atoms with Crippen LogP contribution in [-0.2, 0) is 6.42 Å². The average Bonchev–Trinajstić information content (AvgIpc) is 2.48. The maximum atomic E-state index is 8.62. The summed E-state index contributed by atoms with van der Waals surface area (Å²) >= 11 is 1.72. The fourth-order valence-corrected chi connectivity index (χ4v) is 1.83. The maximum Gasteiger partial charge on any atom is 0.0953 e. The summed E-state index contributed by atoms with van der Waals surface area (Å²) in [7, 11) is 0. The number of aliphatic hydroxyl groups is 1. The van der Waals surface area contributed by atoms with Crippen LogP contribution in [0, 0.1) is 0 Å². The van der Waals surface area contributed by atoms with E-state index in [2.05, 4.69) is 24.2 Å². The zero-order chi connectivity index (χ0) is 8.97. The van der Waals surface area contributed by atoms with Gasteiger partial charge in [-0.2, -0.15) is 0 Å². The van der Waals surface area contributed by atoms with Gasteiger partial charge in [0.2, 0.25) is 0 Å². The molecule has 0 bridgehead atoms. The zero-order valence-electron chi connectivity index (χ0n) is 7.58. The molecule has 0 saturated heterocycles. The van der Waals surface area contributed by atoms with Crippen LogP contribution in [0.2, 0.25) is 0 Å². The number of aliphatic hydroxyl groups excluding tert-OH is 1. The Labute approximate surface area is 77.3 Å². The van der Waals surface area contributed by atoms with Crippen LogP contribution in [0.5, 0.6) is 0 Å². The van der Waals surface area contributed by atoms with Gasteiger partial charge in [0, 0.05) is 17.9 Å². The number of rotatable bonds is 4. The summed E-state index contributed by atoms with van der Waals surface area (Å²) < 4.78 is 0. The van der Waals surface area contributed by atoms with Crippen molar-refractivity contribution >= 4 is 11.3 Å². The van der Waals surface area contributed by atoms with Crippen molar-refractivity contribution in [3.05, 3.63) is 16.1 Å². The van der Waals surface area contributed by atoms with Crippen LogP contribution in [0.4, 0.5) is 0 Å². The minimum absolute atomic E-state index is 0.258. The first-order valence-corrected chi connectivity index (χ1v) is 5.17. The monoisotopic (exact) mass is 185 g/mol. The van der Waals surface area contributed by atoms with Gasteiger partial charge in [-0.25, -0.2) is 4.98 Å². The van der Waals surface area contributed by atoms with Gasteiger partial charge in [0.1, 0.15) is 0 Å². The molecule has 0 aliphatic rings. The maximum absolute atomic E-state index is 8.62. The molecule has 3 heteroatoms. The van der Waals surface area contributed by atoms with E-state index in [1.165, 1.54) is 5.01 Å². The minimum Gasteiger partial charge on any atom is -0.396 e. The highest BCUT2D eigenvalue weighted by Gasteiger charge is 2.04. The molecule has 0 fully saturated rings. The van der Waals surface area contributed by atoms with Crippen molar-refractivity contribution in [2.75, 3.05) is 6.61 Å². The van der Waals surface area contributed by atoms with Crippen LogP contribution < -0.4 is 0 Å². The lowest BCUT2D eigenvalue weighted by Gasteiger charge is -1.96. The Morgan fingerprint density at radius 3 is 2.83 bits per heavy atom. The molecule has 2 nitrogen and oxygen atoms in total. The number of thiazole rings is 1. The molecule has 1 aromatic heterocycles. The third kappa shape index (κ3) is 2.57. The highest BCUT2D eigenvalue weighted by atomic mass is 32.1. The third-order valence-corrected chi connectivity index (χ3v) is 2.85. The quantitative estimate of drug-likeness (QED) is 0.780. The van der Waals surface area contributed by atoms with Gasteiger partial charge in [-0.15, -0.1) is 11.3 Å². The topological polar surface area (TPSA) is 33.1 Å². The predicted octanol–water partition coefficient (Wildman–Crippen LogP) is 2.19. The van der Waals surface area contributed by atoms with Crippen LogP contribution in [0.25, 0.3) is 0 Å². The highest BCUT2D eigenvalue weighted by molar-refractivity contribution is 7.09. The van der Waals surface area contributed by atoms with Gasteiger partial charge < -0.3 is 5.11 Å². The molecule has 68 valence electrons. The second-order valence-corrected chi connectivity index (χ2v) is 4.05. The van der Waals surface area contributed by atoms with E-state index >= 15 is 0 Å². The normalized spacial score (nSPS) is 11.0. The van der Waals surface area contributed by atoms with Gasteiger partial charge in [0.25, 0.3) is 0 Å². The summed E-state index contributed by atoms with van der Waals surface area (Å²) in [6.07, 6.45) is 1.72. The molecular formula is C9H15NOS. The average molecular weight is 185 g/mol. The third-order valence-electron chi connectivity index (χ3n) is 1.65. The van der Waals surface area contributed by atoms with Crippen molar-refractivity contribution in [1.29, 1.82) is 0 Å². The van der Waals surface area contributed by atoms with Gasteiger partial charge in [-0.05, 0) is 12.8 Å². The number of hydrogen-bond donors (Lipinski definition) is 1. The number of aromatic nitrogens is 1. The van der Waals surface area contributed by atoms with Gasteiger partial charge in [0.15, 0.2) is 0 Å². The SMILES string of the molecule is CC(C)c1nc(CCCO)cs1. The molecule has 1 heterocycles. The second-order valence-electron chi connectivity index (χ2n) is 3.16. The fraction of sp³-hybridized carbons (Fsp3) is 0.667. The summed E-state index contributed by atoms with van der Waals surface area (Å²) in [5.74, 6) is 0.526. The molecule has 0 radical (unpaired) electrons. The Morgan fingerprint density at radius 2 is 2.33 bits per heavy atom. The van der Waals surface area contributed by atoms with Crippen molar-refractivity contribution in [2.24, 2.45) is 0 Å². The van der Waals surface area contributed by atoms with E-state index in [-0.39, 0.29) is 6.61 Å². The van der Waals surface area contributed by atoms with Gasteiger partial charge in [-0.3, -0.25) is 0 Å². The molecule has 1 aromatic rings. The standard InChI is InChI=1S/C9H15NOS/c1-7(2)9-10-8(6-12-9)4-3-5-11/h6-7,11H,3-5H2,1-2H3. The number of hydrogen-bond acceptors (Lipinski definition) is 3. The Kier molecular flexibility index (Phi) is 3.69. The molecule has 0 amide bonds. The summed E-state index contributed by atoms with van der Waals surface area (Å²) in [5, 5.41) is 11.9. The Bertz CT molecular complexity index is 232. The lowest BCUT2D eigenvalue weighted by Crippen LogP contribution is -1.91. The second kappa shape index (κ2) is 4.58. The summed E-state index contributed by atoms with van der Waals surface area (Å²) in [5.41, 5.74) is 1.12. The predicted molar refractivity (Wildman–Crippen MR) is 51.6 cm³/mol. The lowest BCUT2D eigenvalue weighted by atomic mass is 10.2. The van der Waals surface area contributed by atoms with Crippen LogP contribution in [0.3, 0.4) is 0 Å². The molecule has 1 N–H and O–H groups in total. The first kappa shape index (κ1) is 9.68. The zero-order valence-corrected chi connectivity index (χ0v) is 8.40. The van der Waals surface area contributed by atoms with E-state index in [0.717, 1.165) is 18.5 Å². The summed E-state index contributed by atoms with van der Waals surface area (Å²) in [6, 6.07) is 0. The van der Waals surface area contributed by atoms with Crippen LogP contribution in [0.15, 0.2) is 5.38 Å². The lowest BCUT2D eigenvalue weighted by molar-refractivity contribution is 0.288. The van der Waals surface area contributed by atoms with E-state index < -0.39 is 0 Å². The Morgan fingerprint density at radius 1 is 1.58 bits per heavy atom. The molecule has 12 heavy (non-hydrogen) atoms. The van der Waals surface area contributed by atoms with E-state index in [4.69, 9.17) is 5.11 Å². The van der Waals surface area contributed by atoms with Crippen molar-refractivity contribution in [3.63, 3.8) is 0 Å². The van der Waals surface area contributed by atoms with Gasteiger partial charge in [0.05, 0.1) is 10.7 Å². The van der Waals surface area contributed by atoms with Gasteiger partial charge in [-0.1, -0.05) is 13.8 Å². The van der Waals surface area contributed by atoms with Crippen LogP contribution in [-0.4, -0.2) is 16.7 Å². The van der Waals surface area contributed by atoms with Crippen LogP contribution in [0.1, 0.15) is 36.9 Å². The van der Waals surface area contributed by atoms with Gasteiger partial charge >= 0.3 is 0 Å². The van der Waals surface area contributed by atoms with E-state index in [1.807, 2.05) is 0 Å². The van der Waals surface area contributed by atoms with E-state index in [1.54, 1.807) is 11.3 Å². The fourth-order valence-electron chi connectivity index (χ4n) is 0.963. The van der Waals surface area contributed by atoms with E-state index in [9.17, 15) is 0 Å². The molecule has 0 unspecified atom stereocenters. The molecule has 0 saturated carbocycles. The Hall–Kier alpha value is -0.410. The van der Waals surface area contributed by atoms with Crippen molar-refractivity contribution in [2.45, 2.75) is 32.6 Å². The Balaban J connectivity index is 2.52. The largest absolute Gasteiger partial charge is 0.396 e. The number of nitrogens with zero attached hydrogens (tertiary/aromatic N) is 1. The van der Waals surface area contributed by atoms with Crippen molar-refractivity contribution in [3.8, 4) is 0 Å². The molecule has 0 aromatic carbocycles. The molecule has 1 rings (SSSR count). The van der Waals surface area contributed by atoms with Crippen LogP contribution >= 0.6 is 11.3 Å². The van der Waals surface area contributed by atoms with E-state index in [0.29, 0.717) is 5.92 Å². The smallest absolute Gasteiger partial charge is 0.0953 e. The minimum atomic E-state index is 0.258. The first-order valence-electron chi connectivity index (χ1n) is 4.29. The molecular weight excluding hydrogens is 170 g/mol. The molecule has 0 atom stereocenters.